The molecule has 0 saturated carbocycles. The van der Waals surface area contributed by atoms with Gasteiger partial charge in [0.1, 0.15) is 17.2 Å². The Hall–Kier alpha value is -1.37. The van der Waals surface area contributed by atoms with Crippen molar-refractivity contribution in [3.63, 3.8) is 0 Å². The maximum atomic E-state index is 13.8. The molecule has 0 aliphatic rings. The SMILES string of the molecule is CC(C)c1nc(CNCC(C)(O)c2ccc(F)cc2F)cs1. The van der Waals surface area contributed by atoms with Crippen molar-refractivity contribution in [2.45, 2.75) is 38.8 Å². The van der Waals surface area contributed by atoms with Crippen LogP contribution < -0.4 is 5.32 Å². The van der Waals surface area contributed by atoms with E-state index < -0.39 is 17.2 Å². The molecule has 0 aliphatic heterocycles. The van der Waals surface area contributed by atoms with Crippen LogP contribution in [0.1, 0.15) is 43.0 Å². The summed E-state index contributed by atoms with van der Waals surface area (Å²) >= 11 is 1.60. The molecular weight excluding hydrogens is 306 g/mol. The minimum atomic E-state index is -1.42. The minimum Gasteiger partial charge on any atom is -0.384 e. The monoisotopic (exact) mass is 326 g/mol. The largest absolute Gasteiger partial charge is 0.384 e. The van der Waals surface area contributed by atoms with Crippen LogP contribution in [0.25, 0.3) is 0 Å². The normalized spacial score (nSPS) is 14.3. The summed E-state index contributed by atoms with van der Waals surface area (Å²) in [5.74, 6) is -1.02. The first-order chi connectivity index (χ1) is 10.3. The van der Waals surface area contributed by atoms with Gasteiger partial charge in [-0.3, -0.25) is 0 Å². The highest BCUT2D eigenvalue weighted by atomic mass is 32.1. The third-order valence-electron chi connectivity index (χ3n) is 3.35. The Balaban J connectivity index is 1.97. The number of hydrogen-bond acceptors (Lipinski definition) is 4. The highest BCUT2D eigenvalue weighted by Crippen LogP contribution is 2.24. The van der Waals surface area contributed by atoms with Crippen molar-refractivity contribution < 1.29 is 13.9 Å². The van der Waals surface area contributed by atoms with E-state index in [2.05, 4.69) is 24.1 Å². The van der Waals surface area contributed by atoms with Crippen molar-refractivity contribution in [3.8, 4) is 0 Å². The molecule has 0 amide bonds. The Morgan fingerprint density at radius 2 is 2.09 bits per heavy atom. The van der Waals surface area contributed by atoms with Gasteiger partial charge in [-0.25, -0.2) is 13.8 Å². The average molecular weight is 326 g/mol. The van der Waals surface area contributed by atoms with E-state index >= 15 is 0 Å². The van der Waals surface area contributed by atoms with Crippen LogP contribution in [0.4, 0.5) is 8.78 Å². The Morgan fingerprint density at radius 3 is 2.68 bits per heavy atom. The van der Waals surface area contributed by atoms with Crippen molar-refractivity contribution in [1.82, 2.24) is 10.3 Å². The van der Waals surface area contributed by atoms with E-state index in [9.17, 15) is 13.9 Å². The predicted octanol–water partition coefficient (Wildman–Crippen LogP) is 3.54. The van der Waals surface area contributed by atoms with Crippen LogP contribution in [0.5, 0.6) is 0 Å². The van der Waals surface area contributed by atoms with E-state index in [0.717, 1.165) is 22.8 Å². The molecule has 120 valence electrons. The standard InChI is InChI=1S/C16H20F2N2OS/c1-10(2)15-20-12(8-22-15)7-19-9-16(3,21)13-5-4-11(17)6-14(13)18/h4-6,8,10,19,21H,7,9H2,1-3H3. The number of aliphatic hydroxyl groups is 1. The second-order valence-electron chi connectivity index (χ2n) is 5.83. The molecule has 1 atom stereocenters. The lowest BCUT2D eigenvalue weighted by Crippen LogP contribution is -2.36. The van der Waals surface area contributed by atoms with Crippen molar-refractivity contribution >= 4 is 11.3 Å². The third-order valence-corrected chi connectivity index (χ3v) is 4.54. The summed E-state index contributed by atoms with van der Waals surface area (Å²) in [6.07, 6.45) is 0. The van der Waals surface area contributed by atoms with Gasteiger partial charge in [0.05, 0.1) is 10.7 Å². The zero-order chi connectivity index (χ0) is 16.3. The molecule has 3 nitrogen and oxygen atoms in total. The predicted molar refractivity (Wildman–Crippen MR) is 83.8 cm³/mol. The first kappa shape index (κ1) is 17.0. The molecule has 2 aromatic rings. The molecule has 6 heteroatoms. The molecule has 2 rings (SSSR count). The van der Waals surface area contributed by atoms with Gasteiger partial charge < -0.3 is 10.4 Å². The molecule has 0 radical (unpaired) electrons. The average Bonchev–Trinajstić information content (AvgIpc) is 2.87. The fourth-order valence-corrected chi connectivity index (χ4v) is 2.96. The number of thiazole rings is 1. The van der Waals surface area contributed by atoms with E-state index in [1.54, 1.807) is 11.3 Å². The van der Waals surface area contributed by atoms with Crippen molar-refractivity contribution in [2.75, 3.05) is 6.54 Å². The minimum absolute atomic E-state index is 0.0718. The number of hydrogen-bond donors (Lipinski definition) is 2. The van der Waals surface area contributed by atoms with Gasteiger partial charge in [-0.15, -0.1) is 11.3 Å². The Morgan fingerprint density at radius 1 is 1.36 bits per heavy atom. The van der Waals surface area contributed by atoms with Crippen LogP contribution in [-0.4, -0.2) is 16.6 Å². The lowest BCUT2D eigenvalue weighted by molar-refractivity contribution is 0.0527. The second kappa shape index (κ2) is 6.81. The molecule has 2 N–H and O–H groups in total. The molecule has 1 unspecified atom stereocenters. The topological polar surface area (TPSA) is 45.2 Å². The number of nitrogens with zero attached hydrogens (tertiary/aromatic N) is 1. The number of rotatable bonds is 6. The first-order valence-corrected chi connectivity index (χ1v) is 8.00. The van der Waals surface area contributed by atoms with Gasteiger partial charge in [0.25, 0.3) is 0 Å². The molecule has 1 aromatic heterocycles. The van der Waals surface area contributed by atoms with Gasteiger partial charge in [0.2, 0.25) is 0 Å². The fourth-order valence-electron chi connectivity index (χ4n) is 2.12. The fraction of sp³-hybridized carbons (Fsp3) is 0.438. The van der Waals surface area contributed by atoms with Crippen molar-refractivity contribution in [2.24, 2.45) is 0 Å². The van der Waals surface area contributed by atoms with Gasteiger partial charge in [0.15, 0.2) is 0 Å². The maximum Gasteiger partial charge on any atom is 0.132 e. The zero-order valence-electron chi connectivity index (χ0n) is 12.9. The molecular formula is C16H20F2N2OS. The van der Waals surface area contributed by atoms with Gasteiger partial charge in [-0.1, -0.05) is 19.9 Å². The lowest BCUT2D eigenvalue weighted by atomic mass is 9.95. The van der Waals surface area contributed by atoms with Crippen molar-refractivity contribution in [1.29, 1.82) is 0 Å². The zero-order valence-corrected chi connectivity index (χ0v) is 13.7. The number of aromatic nitrogens is 1. The van der Waals surface area contributed by atoms with Crippen LogP contribution >= 0.6 is 11.3 Å². The van der Waals surface area contributed by atoms with E-state index in [1.807, 2.05) is 5.38 Å². The highest BCUT2D eigenvalue weighted by molar-refractivity contribution is 7.09. The summed E-state index contributed by atoms with van der Waals surface area (Å²) in [7, 11) is 0. The summed E-state index contributed by atoms with van der Waals surface area (Å²) in [4.78, 5) is 4.48. The summed E-state index contributed by atoms with van der Waals surface area (Å²) in [6, 6.07) is 3.19. The van der Waals surface area contributed by atoms with Crippen LogP contribution in [0.15, 0.2) is 23.6 Å². The molecule has 1 heterocycles. The van der Waals surface area contributed by atoms with Crippen molar-refractivity contribution in [3.05, 3.63) is 51.5 Å². The van der Waals surface area contributed by atoms with Gasteiger partial charge in [0, 0.05) is 36.0 Å². The van der Waals surface area contributed by atoms with Crippen LogP contribution in [-0.2, 0) is 12.1 Å². The van der Waals surface area contributed by atoms with E-state index in [-0.39, 0.29) is 12.1 Å². The molecule has 1 aromatic carbocycles. The number of halogens is 2. The summed E-state index contributed by atoms with van der Waals surface area (Å²) in [6.45, 7) is 6.29. The second-order valence-corrected chi connectivity index (χ2v) is 6.72. The molecule has 0 fully saturated rings. The van der Waals surface area contributed by atoms with E-state index in [1.165, 1.54) is 13.0 Å². The highest BCUT2D eigenvalue weighted by Gasteiger charge is 2.26. The molecule has 22 heavy (non-hydrogen) atoms. The Bertz CT molecular complexity index is 641. The third kappa shape index (κ3) is 4.09. The quantitative estimate of drug-likeness (QED) is 0.853. The smallest absolute Gasteiger partial charge is 0.132 e. The lowest BCUT2D eigenvalue weighted by Gasteiger charge is -2.24. The summed E-state index contributed by atoms with van der Waals surface area (Å²) < 4.78 is 26.7. The first-order valence-electron chi connectivity index (χ1n) is 7.12. The molecule has 0 bridgehead atoms. The van der Waals surface area contributed by atoms with Crippen LogP contribution in [0.3, 0.4) is 0 Å². The Kier molecular flexibility index (Phi) is 5.26. The van der Waals surface area contributed by atoms with Gasteiger partial charge in [-0.2, -0.15) is 0 Å². The summed E-state index contributed by atoms with van der Waals surface area (Å²) in [5.41, 5.74) is -0.457. The molecule has 0 saturated heterocycles. The van der Waals surface area contributed by atoms with E-state index in [0.29, 0.717) is 12.5 Å². The van der Waals surface area contributed by atoms with Gasteiger partial charge in [-0.05, 0) is 13.0 Å². The van der Waals surface area contributed by atoms with Crippen LogP contribution in [0.2, 0.25) is 0 Å². The number of benzene rings is 1. The van der Waals surface area contributed by atoms with Gasteiger partial charge >= 0.3 is 0 Å². The number of nitrogens with one attached hydrogen (secondary N) is 1. The summed E-state index contributed by atoms with van der Waals surface area (Å²) in [5, 5.41) is 16.5. The molecule has 0 spiro atoms. The molecule has 0 aliphatic carbocycles. The van der Waals surface area contributed by atoms with Crippen LogP contribution in [0, 0.1) is 11.6 Å². The Labute approximate surface area is 133 Å². The van der Waals surface area contributed by atoms with E-state index in [4.69, 9.17) is 0 Å². The maximum absolute atomic E-state index is 13.8.